The zero-order chi connectivity index (χ0) is 13.8. The highest BCUT2D eigenvalue weighted by Gasteiger charge is 2.30. The number of ether oxygens (including phenoxy) is 1. The minimum Gasteiger partial charge on any atom is -0.394 e. The van der Waals surface area contributed by atoms with E-state index in [-0.39, 0.29) is 30.4 Å². The normalized spacial score (nSPS) is 23.2. The van der Waals surface area contributed by atoms with E-state index < -0.39 is 0 Å². The van der Waals surface area contributed by atoms with Gasteiger partial charge in [-0.25, -0.2) is 15.8 Å². The molecule has 0 bridgehead atoms. The van der Waals surface area contributed by atoms with Crippen LogP contribution in [-0.4, -0.2) is 57.8 Å². The Labute approximate surface area is 110 Å². The Bertz CT molecular complexity index is 438. The first-order valence-corrected chi connectivity index (χ1v) is 5.97. The van der Waals surface area contributed by atoms with Crippen LogP contribution >= 0.6 is 0 Å². The summed E-state index contributed by atoms with van der Waals surface area (Å²) >= 11 is 0. The molecule has 4 N–H and O–H groups in total. The second-order valence-corrected chi connectivity index (χ2v) is 4.38. The molecule has 2 heterocycles. The Kier molecular flexibility index (Phi) is 4.25. The second-order valence-electron chi connectivity index (χ2n) is 4.38. The zero-order valence-electron chi connectivity index (χ0n) is 10.6. The van der Waals surface area contributed by atoms with Gasteiger partial charge in [0.1, 0.15) is 5.69 Å². The van der Waals surface area contributed by atoms with Gasteiger partial charge >= 0.3 is 0 Å². The highest BCUT2D eigenvalue weighted by Crippen LogP contribution is 2.14. The lowest BCUT2D eigenvalue weighted by Gasteiger charge is -2.37. The maximum atomic E-state index is 12.3. The molecular weight excluding hydrogens is 250 g/mol. The molecule has 0 spiro atoms. The number of amides is 1. The van der Waals surface area contributed by atoms with E-state index in [0.29, 0.717) is 19.0 Å². The van der Waals surface area contributed by atoms with Crippen molar-refractivity contribution in [1.82, 2.24) is 14.9 Å². The molecule has 1 aliphatic rings. The molecule has 1 amide bonds. The second kappa shape index (κ2) is 5.91. The molecule has 2 atom stereocenters. The van der Waals surface area contributed by atoms with E-state index in [1.807, 2.05) is 6.92 Å². The largest absolute Gasteiger partial charge is 0.394 e. The third-order valence-corrected chi connectivity index (χ3v) is 2.99. The average molecular weight is 267 g/mol. The van der Waals surface area contributed by atoms with Gasteiger partial charge in [-0.05, 0) is 6.92 Å². The number of nitrogens with two attached hydrogens (primary N) is 1. The molecule has 8 heteroatoms. The van der Waals surface area contributed by atoms with Gasteiger partial charge in [-0.3, -0.25) is 4.79 Å². The van der Waals surface area contributed by atoms with Crippen LogP contribution in [-0.2, 0) is 4.74 Å². The number of aliphatic hydroxyl groups is 1. The SMILES string of the molecule is CC1COC(CO)CN1C(=O)c1cnc(NN)cn1. The lowest BCUT2D eigenvalue weighted by Crippen LogP contribution is -2.52. The van der Waals surface area contributed by atoms with E-state index in [1.54, 1.807) is 4.90 Å². The van der Waals surface area contributed by atoms with Gasteiger partial charge in [0, 0.05) is 6.54 Å². The number of nitrogen functional groups attached to an aromatic ring is 1. The fourth-order valence-electron chi connectivity index (χ4n) is 1.87. The number of anilines is 1. The standard InChI is InChI=1S/C11H17N5O3/c1-7-6-19-8(5-17)4-16(7)11(18)9-2-14-10(15-12)3-13-9/h2-3,7-8,17H,4-6,12H2,1H3,(H,14,15). The van der Waals surface area contributed by atoms with E-state index in [9.17, 15) is 4.79 Å². The van der Waals surface area contributed by atoms with Crippen molar-refractivity contribution in [3.8, 4) is 0 Å². The summed E-state index contributed by atoms with van der Waals surface area (Å²) in [4.78, 5) is 21.9. The van der Waals surface area contributed by atoms with Gasteiger partial charge in [0.05, 0.1) is 37.8 Å². The molecule has 0 aromatic carbocycles. The van der Waals surface area contributed by atoms with Crippen LogP contribution in [0.2, 0.25) is 0 Å². The number of hydrogen-bond donors (Lipinski definition) is 3. The van der Waals surface area contributed by atoms with Crippen LogP contribution < -0.4 is 11.3 Å². The summed E-state index contributed by atoms with van der Waals surface area (Å²) in [6, 6.07) is -0.0654. The molecule has 1 saturated heterocycles. The molecule has 2 unspecified atom stereocenters. The molecule has 0 radical (unpaired) electrons. The minimum absolute atomic E-state index is 0.0654. The molecule has 2 rings (SSSR count). The Morgan fingerprint density at radius 2 is 2.42 bits per heavy atom. The lowest BCUT2D eigenvalue weighted by molar-refractivity contribution is -0.0668. The quantitative estimate of drug-likeness (QED) is 0.474. The van der Waals surface area contributed by atoms with Gasteiger partial charge < -0.3 is 20.2 Å². The van der Waals surface area contributed by atoms with Crippen molar-refractivity contribution in [2.75, 3.05) is 25.2 Å². The molecule has 19 heavy (non-hydrogen) atoms. The molecular formula is C11H17N5O3. The van der Waals surface area contributed by atoms with E-state index in [2.05, 4.69) is 15.4 Å². The van der Waals surface area contributed by atoms with Crippen LogP contribution in [0.1, 0.15) is 17.4 Å². The van der Waals surface area contributed by atoms with Crippen LogP contribution in [0.15, 0.2) is 12.4 Å². The third kappa shape index (κ3) is 2.98. The zero-order valence-corrected chi connectivity index (χ0v) is 10.6. The number of carbonyl (C=O) groups is 1. The number of hydrazine groups is 1. The first kappa shape index (κ1) is 13.7. The highest BCUT2D eigenvalue weighted by atomic mass is 16.5. The van der Waals surface area contributed by atoms with E-state index >= 15 is 0 Å². The molecule has 0 aliphatic carbocycles. The Morgan fingerprint density at radius 1 is 1.63 bits per heavy atom. The first-order valence-electron chi connectivity index (χ1n) is 5.97. The van der Waals surface area contributed by atoms with E-state index in [4.69, 9.17) is 15.7 Å². The van der Waals surface area contributed by atoms with Gasteiger partial charge in [0.15, 0.2) is 5.82 Å². The number of nitrogens with zero attached hydrogens (tertiary/aromatic N) is 3. The van der Waals surface area contributed by atoms with Gasteiger partial charge in [-0.2, -0.15) is 0 Å². The summed E-state index contributed by atoms with van der Waals surface area (Å²) in [6.45, 7) is 2.51. The molecule has 1 aromatic rings. The highest BCUT2D eigenvalue weighted by molar-refractivity contribution is 5.92. The predicted molar refractivity (Wildman–Crippen MR) is 67.2 cm³/mol. The predicted octanol–water partition coefficient (Wildman–Crippen LogP) is -1.02. The summed E-state index contributed by atoms with van der Waals surface area (Å²) in [7, 11) is 0. The van der Waals surface area contributed by atoms with Crippen molar-refractivity contribution in [2.24, 2.45) is 5.84 Å². The van der Waals surface area contributed by atoms with Crippen molar-refractivity contribution in [2.45, 2.75) is 19.1 Å². The van der Waals surface area contributed by atoms with Gasteiger partial charge in [0.2, 0.25) is 0 Å². The van der Waals surface area contributed by atoms with Crippen molar-refractivity contribution in [3.05, 3.63) is 18.1 Å². The number of aliphatic hydroxyl groups excluding tert-OH is 1. The summed E-state index contributed by atoms with van der Waals surface area (Å²) < 4.78 is 5.39. The van der Waals surface area contributed by atoms with Crippen LogP contribution in [0.4, 0.5) is 5.82 Å². The topological polar surface area (TPSA) is 114 Å². The third-order valence-electron chi connectivity index (χ3n) is 2.99. The van der Waals surface area contributed by atoms with Gasteiger partial charge in [-0.15, -0.1) is 0 Å². The summed E-state index contributed by atoms with van der Waals surface area (Å²) in [5.74, 6) is 5.34. The van der Waals surface area contributed by atoms with Crippen molar-refractivity contribution < 1.29 is 14.6 Å². The smallest absolute Gasteiger partial charge is 0.274 e. The Morgan fingerprint density at radius 3 is 3.00 bits per heavy atom. The summed E-state index contributed by atoms with van der Waals surface area (Å²) in [5.41, 5.74) is 2.59. The maximum Gasteiger partial charge on any atom is 0.274 e. The van der Waals surface area contributed by atoms with Gasteiger partial charge in [0.25, 0.3) is 5.91 Å². The number of aromatic nitrogens is 2. The Balaban J connectivity index is 2.12. The Hall–Kier alpha value is -1.77. The molecule has 1 aromatic heterocycles. The minimum atomic E-state index is -0.349. The number of carbonyl (C=O) groups excluding carboxylic acids is 1. The van der Waals surface area contributed by atoms with Crippen LogP contribution in [0.25, 0.3) is 0 Å². The average Bonchev–Trinajstić information content (AvgIpc) is 2.47. The molecule has 1 aliphatic heterocycles. The molecule has 1 fully saturated rings. The first-order chi connectivity index (χ1) is 9.15. The van der Waals surface area contributed by atoms with Gasteiger partial charge in [-0.1, -0.05) is 0 Å². The van der Waals surface area contributed by atoms with E-state index in [1.165, 1.54) is 12.4 Å². The van der Waals surface area contributed by atoms with E-state index in [0.717, 1.165) is 0 Å². The maximum absolute atomic E-state index is 12.3. The van der Waals surface area contributed by atoms with Crippen LogP contribution in [0.5, 0.6) is 0 Å². The van der Waals surface area contributed by atoms with Crippen LogP contribution in [0.3, 0.4) is 0 Å². The number of rotatable bonds is 3. The monoisotopic (exact) mass is 267 g/mol. The lowest BCUT2D eigenvalue weighted by atomic mass is 10.2. The fourth-order valence-corrected chi connectivity index (χ4v) is 1.87. The van der Waals surface area contributed by atoms with Crippen molar-refractivity contribution >= 4 is 11.7 Å². The molecule has 0 saturated carbocycles. The molecule has 8 nitrogen and oxygen atoms in total. The van der Waals surface area contributed by atoms with Crippen molar-refractivity contribution in [1.29, 1.82) is 0 Å². The molecule has 104 valence electrons. The number of morpholine rings is 1. The number of nitrogens with one attached hydrogen (secondary N) is 1. The van der Waals surface area contributed by atoms with Crippen molar-refractivity contribution in [3.63, 3.8) is 0 Å². The summed E-state index contributed by atoms with van der Waals surface area (Å²) in [6.07, 6.45) is 2.41. The fraction of sp³-hybridized carbons (Fsp3) is 0.545. The summed E-state index contributed by atoms with van der Waals surface area (Å²) in [5, 5.41) is 9.10. The number of hydrogen-bond acceptors (Lipinski definition) is 7. The van der Waals surface area contributed by atoms with Crippen LogP contribution in [0, 0.1) is 0 Å².